The molecule has 2 atom stereocenters. The predicted octanol–water partition coefficient (Wildman–Crippen LogP) is 11.9. The molecule has 39 nitrogen and oxygen atoms in total. The standard InChI is InChI=1S/C27H34N6O5S.C23H22N6O4S.C22H22N6O4S.C22H25N5O3S/c1-27(2,17-32-15-20(16-32)37-3)33-13-11-24(30-33)39(35,36)31-26(34)29-25-21-7-5-6-18(21)8-9-22(25)19-10-12-28-23(14-19)38-4;24-13-17-12-16(6-9-25-17)20-5-4-15-2-1-3-19(15)22(20)26-23(30)28-34(31,32)21-7-10-29(27-21)18-8-11-33-14-18;1-14(29)13-28-10-8-20(26-28)33(31,32)27-22(30)25-21-18-4-2-3-15(18)5-6-19(21)16-7-9-24-17(11-16)12-23;1-15(2)27-13-11-20(25-27)31(29,30)26-22(28)24-21-18-8-4-3-6-16(18)9-10-19(21)17-7-5-12-23-14-17/h8-14,20H,5-7,15-17H2,1-4H3,(H2,29,31,34);4-7,9-10,12,18H,1-3,8,11,14H2,(H2,26,28,30);5-11,14,29H,2-4,13H2,1H3,(H2,25,27,30);5,7,9-15H,3-4,6,8H2,1-2H3,(H2,24,26,28)/t;;14-;/m..1./s1. The lowest BCUT2D eigenvalue weighted by Crippen LogP contribution is -2.56. The Balaban J connectivity index is 0.000000139. The molecule has 8 amide bonds. The molecule has 0 bridgehead atoms. The van der Waals surface area contributed by atoms with Crippen LogP contribution in [-0.2, 0) is 113 Å². The molecule has 4 aromatic carbocycles. The van der Waals surface area contributed by atoms with Crippen LogP contribution in [0.5, 0.6) is 5.88 Å². The summed E-state index contributed by atoms with van der Waals surface area (Å²) in [5.41, 5.74) is 16.7. The van der Waals surface area contributed by atoms with E-state index in [2.05, 4.69) is 86.7 Å². The van der Waals surface area contributed by atoms with Crippen LogP contribution in [0.3, 0.4) is 0 Å². The number of pyridine rings is 4. The highest BCUT2D eigenvalue weighted by Crippen LogP contribution is 2.43. The first-order chi connectivity index (χ1) is 65.6. The van der Waals surface area contributed by atoms with E-state index in [0.717, 1.165) is 164 Å². The molecule has 137 heavy (non-hydrogen) atoms. The highest BCUT2D eigenvalue weighted by molar-refractivity contribution is 7.90. The van der Waals surface area contributed by atoms with E-state index in [1.807, 2.05) is 105 Å². The van der Waals surface area contributed by atoms with Gasteiger partial charge in [-0.3, -0.25) is 28.6 Å². The maximum Gasteiger partial charge on any atom is 0.333 e. The maximum atomic E-state index is 13.1. The molecule has 12 aromatic rings. The molecule has 18 rings (SSSR count). The van der Waals surface area contributed by atoms with Crippen molar-refractivity contribution in [1.82, 2.24) is 82.8 Å². The van der Waals surface area contributed by atoms with Crippen molar-refractivity contribution in [2.75, 3.05) is 68.3 Å². The third-order valence-corrected chi connectivity index (χ3v) is 28.9. The molecule has 2 fully saturated rings. The molecule has 6 aliphatic rings. The Morgan fingerprint density at radius 3 is 1.38 bits per heavy atom. The number of hydrogen-bond acceptors (Lipinski definition) is 27. The van der Waals surface area contributed by atoms with Crippen molar-refractivity contribution in [2.24, 2.45) is 0 Å². The summed E-state index contributed by atoms with van der Waals surface area (Å²) in [6, 6.07) is 35.7. The van der Waals surface area contributed by atoms with Crippen molar-refractivity contribution in [3.05, 3.63) is 233 Å². The molecule has 8 aromatic heterocycles. The zero-order chi connectivity index (χ0) is 97.1. The zero-order valence-electron chi connectivity index (χ0n) is 76.1. The van der Waals surface area contributed by atoms with Gasteiger partial charge in [0, 0.05) is 129 Å². The van der Waals surface area contributed by atoms with E-state index in [4.69, 9.17) is 14.2 Å². The Labute approximate surface area is 792 Å². The number of hydrogen-bond donors (Lipinski definition) is 9. The van der Waals surface area contributed by atoms with Crippen LogP contribution in [0.25, 0.3) is 44.5 Å². The Bertz CT molecular complexity index is 7120. The van der Waals surface area contributed by atoms with Crippen LogP contribution in [0, 0.1) is 22.7 Å². The summed E-state index contributed by atoms with van der Waals surface area (Å²) >= 11 is 0. The molecule has 43 heteroatoms. The number of urea groups is 4. The van der Waals surface area contributed by atoms with Gasteiger partial charge in [-0.05, 0) is 246 Å². The van der Waals surface area contributed by atoms with Crippen molar-refractivity contribution in [3.63, 3.8) is 0 Å². The number of anilines is 4. The number of benzene rings is 4. The summed E-state index contributed by atoms with van der Waals surface area (Å²) in [6.45, 7) is 12.8. The quantitative estimate of drug-likeness (QED) is 0.0257. The minimum atomic E-state index is -4.23. The fourth-order valence-corrected chi connectivity index (χ4v) is 20.7. The van der Waals surface area contributed by atoms with E-state index in [1.54, 1.807) is 90.9 Å². The van der Waals surface area contributed by atoms with Crippen LogP contribution in [0.4, 0.5) is 41.9 Å². The number of likely N-dealkylation sites (tertiary alicyclic amines) is 1. The van der Waals surface area contributed by atoms with Gasteiger partial charge >= 0.3 is 24.1 Å². The maximum absolute atomic E-state index is 13.1. The van der Waals surface area contributed by atoms with Gasteiger partial charge in [-0.15, -0.1) is 0 Å². The van der Waals surface area contributed by atoms with Crippen LogP contribution >= 0.6 is 0 Å². The summed E-state index contributed by atoms with van der Waals surface area (Å²) in [5, 5.41) is 54.3. The van der Waals surface area contributed by atoms with Crippen LogP contribution in [0.1, 0.15) is 141 Å². The second kappa shape index (κ2) is 42.0. The largest absolute Gasteiger partial charge is 0.481 e. The fourth-order valence-electron chi connectivity index (χ4n) is 17.4. The van der Waals surface area contributed by atoms with Crippen LogP contribution in [-0.4, -0.2) is 186 Å². The summed E-state index contributed by atoms with van der Waals surface area (Å²) in [4.78, 5) is 70.0. The van der Waals surface area contributed by atoms with Gasteiger partial charge in [0.05, 0.1) is 66.8 Å². The molecule has 2 aliphatic heterocycles. The van der Waals surface area contributed by atoms with Gasteiger partial charge in [-0.2, -0.15) is 64.6 Å². The average Bonchev–Trinajstić information content (AvgIpc) is 1.72. The first-order valence-corrected chi connectivity index (χ1v) is 50.4. The lowest BCUT2D eigenvalue weighted by molar-refractivity contribution is -0.0432. The highest BCUT2D eigenvalue weighted by Gasteiger charge is 2.36. The number of nitrogens with one attached hydrogen (secondary N) is 8. The van der Waals surface area contributed by atoms with Gasteiger partial charge in [-0.25, -0.2) is 53.0 Å². The molecule has 0 saturated carbocycles. The Hall–Kier alpha value is -14.2. The molecular weight excluding hydrogens is 1840 g/mol. The molecule has 0 radical (unpaired) electrons. The van der Waals surface area contributed by atoms with E-state index in [9.17, 15) is 68.5 Å². The van der Waals surface area contributed by atoms with Crippen molar-refractivity contribution in [1.29, 1.82) is 10.5 Å². The van der Waals surface area contributed by atoms with E-state index < -0.39 is 75.9 Å². The molecule has 9 N–H and O–H groups in total. The second-order valence-electron chi connectivity index (χ2n) is 34.5. The molecule has 2 saturated heterocycles. The molecule has 10 heterocycles. The Morgan fingerprint density at radius 2 is 0.934 bits per heavy atom. The number of carbonyl (C=O) groups excluding carboxylic acids is 4. The number of nitrogens with zero attached hydrogens (tertiary/aromatic N) is 15. The number of carbonyl (C=O) groups is 4. The Morgan fingerprint density at radius 1 is 0.504 bits per heavy atom. The van der Waals surface area contributed by atoms with E-state index in [-0.39, 0.29) is 56.2 Å². The molecule has 4 aliphatic carbocycles. The van der Waals surface area contributed by atoms with Crippen LogP contribution in [0.2, 0.25) is 0 Å². The lowest BCUT2D eigenvalue weighted by Gasteiger charge is -2.42. The zero-order valence-corrected chi connectivity index (χ0v) is 79.4. The summed E-state index contributed by atoms with van der Waals surface area (Å²) in [6.07, 6.45) is 26.2. The minimum Gasteiger partial charge on any atom is -0.481 e. The van der Waals surface area contributed by atoms with Crippen LogP contribution < -0.4 is 44.9 Å². The summed E-state index contributed by atoms with van der Waals surface area (Å²) < 4.78 is 133. The molecule has 714 valence electrons. The highest BCUT2D eigenvalue weighted by atomic mass is 32.2. The van der Waals surface area contributed by atoms with Crippen LogP contribution in [0.15, 0.2) is 197 Å². The van der Waals surface area contributed by atoms with Gasteiger partial charge in [0.2, 0.25) is 5.88 Å². The van der Waals surface area contributed by atoms with Crippen molar-refractivity contribution in [3.8, 4) is 62.5 Å². The number of aryl methyl sites for hydroxylation is 4. The van der Waals surface area contributed by atoms with Crippen molar-refractivity contribution in [2.45, 2.75) is 181 Å². The number of sulfonamides is 4. The fraction of sp³-hybridized carbons (Fsp3) is 0.340. The number of aliphatic hydroxyl groups is 1. The second-order valence-corrected chi connectivity index (χ2v) is 41.0. The average molecular weight is 1940 g/mol. The number of methoxy groups -OCH3 is 2. The SMILES string of the molecule is CC(C)n1ccc(S(=O)(=O)NC(=O)Nc2c(-c3cccnc3)ccc3c2CCCC3)n1.COc1cc(-c2ccc3c(c2NC(=O)NS(=O)(=O)c2ccn(C(C)(C)CN4CC(OC)C4)n2)CCC3)ccn1.C[C@@H](O)Cn1ccc(S(=O)(=O)NC(=O)Nc2c(-c3ccnc(C#N)c3)ccc3c2CCC3)n1.N#Cc1cc(-c2ccc3c(c2NC(=O)NS(=O)(=O)c2ccn(C4CCOC4)n2)CCC3)ccn1. The van der Waals surface area contributed by atoms with E-state index in [1.165, 1.54) is 64.9 Å². The number of fused-ring (bicyclic) bond motifs is 4. The number of rotatable bonds is 25. The first kappa shape index (κ1) is 97.4. The number of amides is 8. The van der Waals surface area contributed by atoms with Crippen molar-refractivity contribution >= 4 is 87.0 Å². The summed E-state index contributed by atoms with van der Waals surface area (Å²) in [7, 11) is -13.5. The topological polar surface area (TPSA) is 523 Å². The summed E-state index contributed by atoms with van der Waals surface area (Å²) in [5.74, 6) is 0.442. The normalized spacial score (nSPS) is 15.2. The predicted molar refractivity (Wildman–Crippen MR) is 507 cm³/mol. The van der Waals surface area contributed by atoms with Gasteiger partial charge in [0.15, 0.2) is 20.1 Å². The van der Waals surface area contributed by atoms with Gasteiger partial charge in [0.25, 0.3) is 40.1 Å². The van der Waals surface area contributed by atoms with E-state index >= 15 is 0 Å². The smallest absolute Gasteiger partial charge is 0.333 e. The molecule has 1 unspecified atom stereocenters. The number of aliphatic hydroxyl groups excluding tert-OH is 1. The monoisotopic (exact) mass is 1940 g/mol. The molecular formula is C94H103N23O16S4. The third-order valence-electron chi connectivity index (χ3n) is 24.0. The minimum absolute atomic E-state index is 0.00987. The lowest BCUT2D eigenvalue weighted by atomic mass is 9.87. The number of nitriles is 2. The van der Waals surface area contributed by atoms with Gasteiger partial charge < -0.3 is 40.6 Å². The van der Waals surface area contributed by atoms with Crippen molar-refractivity contribution < 1.29 is 72.2 Å². The number of aromatic nitrogens is 12. The molecule has 0 spiro atoms. The van der Waals surface area contributed by atoms with Gasteiger partial charge in [-0.1, -0.05) is 54.6 Å². The van der Waals surface area contributed by atoms with Gasteiger partial charge in [0.1, 0.15) is 23.5 Å². The number of ether oxygens (including phenoxy) is 3. The first-order valence-electron chi connectivity index (χ1n) is 44.4. The van der Waals surface area contributed by atoms with E-state index in [0.29, 0.717) is 70.6 Å². The Kier molecular flexibility index (Phi) is 29.8. The third kappa shape index (κ3) is 23.2.